The fourth-order valence-electron chi connectivity index (χ4n) is 1.71. The van der Waals surface area contributed by atoms with Gasteiger partial charge in [0.2, 0.25) is 0 Å². The SMILES string of the molecule is C=Cc1c(C#N)ccc(Sc2nccc(C)n2)c1N=C. The Morgan fingerprint density at radius 1 is 1.40 bits per heavy atom. The average molecular weight is 280 g/mol. The molecule has 1 heterocycles. The molecule has 0 fully saturated rings. The Morgan fingerprint density at radius 3 is 2.80 bits per heavy atom. The summed E-state index contributed by atoms with van der Waals surface area (Å²) < 4.78 is 0. The molecule has 2 aromatic rings. The van der Waals surface area contributed by atoms with Crippen LogP contribution in [0.15, 0.2) is 46.0 Å². The number of nitrogens with zero attached hydrogens (tertiary/aromatic N) is 4. The first-order valence-electron chi connectivity index (χ1n) is 5.83. The predicted molar refractivity (Wildman–Crippen MR) is 81.3 cm³/mol. The van der Waals surface area contributed by atoms with Crippen LogP contribution in [0.2, 0.25) is 0 Å². The highest BCUT2D eigenvalue weighted by molar-refractivity contribution is 7.99. The van der Waals surface area contributed by atoms with E-state index in [1.54, 1.807) is 18.3 Å². The number of hydrogen-bond donors (Lipinski definition) is 0. The third-order valence-corrected chi connectivity index (χ3v) is 3.57. The van der Waals surface area contributed by atoms with Crippen molar-refractivity contribution >= 4 is 30.2 Å². The summed E-state index contributed by atoms with van der Waals surface area (Å²) in [6.07, 6.45) is 3.33. The van der Waals surface area contributed by atoms with Gasteiger partial charge in [-0.15, -0.1) is 0 Å². The van der Waals surface area contributed by atoms with Crippen LogP contribution in [0.1, 0.15) is 16.8 Å². The summed E-state index contributed by atoms with van der Waals surface area (Å²) in [5.74, 6) is 0. The molecule has 0 amide bonds. The second-order valence-electron chi connectivity index (χ2n) is 3.93. The monoisotopic (exact) mass is 280 g/mol. The van der Waals surface area contributed by atoms with E-state index in [9.17, 15) is 0 Å². The quantitative estimate of drug-likeness (QED) is 0.631. The predicted octanol–water partition coefficient (Wildman–Crippen LogP) is 3.78. The number of aliphatic imine (C=N–C) groups is 1. The molecule has 2 rings (SSSR count). The van der Waals surface area contributed by atoms with Crippen molar-refractivity contribution in [2.24, 2.45) is 4.99 Å². The maximum Gasteiger partial charge on any atom is 0.192 e. The van der Waals surface area contributed by atoms with Gasteiger partial charge in [-0.2, -0.15) is 5.26 Å². The van der Waals surface area contributed by atoms with E-state index in [1.165, 1.54) is 11.8 Å². The molecule has 5 heteroatoms. The molecule has 4 nitrogen and oxygen atoms in total. The van der Waals surface area contributed by atoms with Crippen molar-refractivity contribution < 1.29 is 0 Å². The lowest BCUT2D eigenvalue weighted by Gasteiger charge is -2.09. The van der Waals surface area contributed by atoms with Crippen LogP contribution in [0.4, 0.5) is 5.69 Å². The lowest BCUT2D eigenvalue weighted by molar-refractivity contribution is 0.932. The molecule has 0 N–H and O–H groups in total. The zero-order valence-electron chi connectivity index (χ0n) is 11.0. The fourth-order valence-corrected chi connectivity index (χ4v) is 2.62. The molecular weight excluding hydrogens is 268 g/mol. The Bertz CT molecular complexity index is 716. The molecule has 0 bridgehead atoms. The molecule has 1 aromatic heterocycles. The van der Waals surface area contributed by atoms with Crippen molar-refractivity contribution in [2.45, 2.75) is 17.0 Å². The molecule has 20 heavy (non-hydrogen) atoms. The number of rotatable bonds is 4. The molecule has 0 aliphatic rings. The van der Waals surface area contributed by atoms with Crippen molar-refractivity contribution in [1.29, 1.82) is 5.26 Å². The maximum absolute atomic E-state index is 9.10. The first kappa shape index (κ1) is 14.0. The summed E-state index contributed by atoms with van der Waals surface area (Å²) >= 11 is 1.39. The van der Waals surface area contributed by atoms with Crippen LogP contribution in [-0.2, 0) is 0 Å². The summed E-state index contributed by atoms with van der Waals surface area (Å²) in [4.78, 5) is 13.4. The number of aryl methyl sites for hydroxylation is 1. The van der Waals surface area contributed by atoms with Gasteiger partial charge in [0.25, 0.3) is 0 Å². The molecular formula is C15H12N4S. The third kappa shape index (κ3) is 2.76. The maximum atomic E-state index is 9.10. The Hall–Kier alpha value is -2.45. The van der Waals surface area contributed by atoms with Gasteiger partial charge in [-0.05, 0) is 43.6 Å². The minimum Gasteiger partial charge on any atom is -0.263 e. The first-order chi connectivity index (χ1) is 9.69. The van der Waals surface area contributed by atoms with Gasteiger partial charge in [0.1, 0.15) is 0 Å². The Balaban J connectivity index is 2.50. The van der Waals surface area contributed by atoms with Gasteiger partial charge in [0.05, 0.1) is 17.3 Å². The molecule has 0 saturated heterocycles. The highest BCUT2D eigenvalue weighted by Gasteiger charge is 2.12. The van der Waals surface area contributed by atoms with Crippen LogP contribution in [0.5, 0.6) is 0 Å². The Labute approximate surface area is 121 Å². The molecule has 98 valence electrons. The van der Waals surface area contributed by atoms with Crippen LogP contribution in [0.3, 0.4) is 0 Å². The zero-order chi connectivity index (χ0) is 14.5. The van der Waals surface area contributed by atoms with Gasteiger partial charge in [0.15, 0.2) is 5.16 Å². The van der Waals surface area contributed by atoms with E-state index in [-0.39, 0.29) is 0 Å². The average Bonchev–Trinajstić information content (AvgIpc) is 2.46. The van der Waals surface area contributed by atoms with Crippen molar-refractivity contribution in [2.75, 3.05) is 0 Å². The smallest absolute Gasteiger partial charge is 0.192 e. The standard InChI is InChI=1S/C15H12N4S/c1-4-12-11(9-16)5-6-13(14(12)17-3)20-15-18-8-7-10(2)19-15/h4-8H,1,3H2,2H3. The van der Waals surface area contributed by atoms with E-state index in [0.717, 1.165) is 10.6 Å². The number of hydrogen-bond acceptors (Lipinski definition) is 5. The topological polar surface area (TPSA) is 61.9 Å². The first-order valence-corrected chi connectivity index (χ1v) is 6.65. The van der Waals surface area contributed by atoms with E-state index in [4.69, 9.17) is 5.26 Å². The Kier molecular flexibility index (Phi) is 4.28. The minimum absolute atomic E-state index is 0.525. The number of nitriles is 1. The molecule has 0 aliphatic heterocycles. The molecule has 0 saturated carbocycles. The van der Waals surface area contributed by atoms with Gasteiger partial charge >= 0.3 is 0 Å². The van der Waals surface area contributed by atoms with Gasteiger partial charge < -0.3 is 0 Å². The van der Waals surface area contributed by atoms with Gasteiger partial charge in [0, 0.05) is 22.3 Å². The summed E-state index contributed by atoms with van der Waals surface area (Å²) in [5, 5.41) is 9.73. The lowest BCUT2D eigenvalue weighted by Crippen LogP contribution is -1.90. The summed E-state index contributed by atoms with van der Waals surface area (Å²) in [7, 11) is 0. The van der Waals surface area contributed by atoms with Gasteiger partial charge in [-0.25, -0.2) is 9.97 Å². The van der Waals surface area contributed by atoms with Gasteiger partial charge in [-0.1, -0.05) is 12.7 Å². The second-order valence-corrected chi connectivity index (χ2v) is 4.94. The lowest BCUT2D eigenvalue weighted by atomic mass is 10.1. The molecule has 0 unspecified atom stereocenters. The van der Waals surface area contributed by atoms with Crippen molar-refractivity contribution in [1.82, 2.24) is 9.97 Å². The molecule has 0 radical (unpaired) electrons. The largest absolute Gasteiger partial charge is 0.263 e. The summed E-state index contributed by atoms with van der Waals surface area (Å²) in [5.41, 5.74) is 2.74. The molecule has 0 atom stereocenters. The zero-order valence-corrected chi connectivity index (χ0v) is 11.8. The van der Waals surface area contributed by atoms with Crippen molar-refractivity contribution in [3.8, 4) is 6.07 Å². The van der Waals surface area contributed by atoms with Crippen LogP contribution in [0.25, 0.3) is 6.08 Å². The van der Waals surface area contributed by atoms with Crippen LogP contribution < -0.4 is 0 Å². The van der Waals surface area contributed by atoms with Crippen molar-refractivity contribution in [3.05, 3.63) is 47.8 Å². The van der Waals surface area contributed by atoms with E-state index in [2.05, 4.69) is 34.3 Å². The number of benzene rings is 1. The van der Waals surface area contributed by atoms with Crippen LogP contribution in [-0.4, -0.2) is 16.7 Å². The highest BCUT2D eigenvalue weighted by Crippen LogP contribution is 2.37. The van der Waals surface area contributed by atoms with Gasteiger partial charge in [-0.3, -0.25) is 4.99 Å². The highest BCUT2D eigenvalue weighted by atomic mass is 32.2. The minimum atomic E-state index is 0.525. The van der Waals surface area contributed by atoms with Crippen LogP contribution in [0, 0.1) is 18.3 Å². The second kappa shape index (κ2) is 6.13. The third-order valence-electron chi connectivity index (χ3n) is 2.64. The van der Waals surface area contributed by atoms with E-state index in [0.29, 0.717) is 22.0 Å². The molecule has 0 aliphatic carbocycles. The summed E-state index contributed by atoms with van der Waals surface area (Å²) in [6.45, 7) is 9.21. The van der Waals surface area contributed by atoms with E-state index >= 15 is 0 Å². The van der Waals surface area contributed by atoms with E-state index < -0.39 is 0 Å². The van der Waals surface area contributed by atoms with E-state index in [1.807, 2.05) is 19.1 Å². The summed E-state index contributed by atoms with van der Waals surface area (Å²) in [6, 6.07) is 7.53. The van der Waals surface area contributed by atoms with Crippen molar-refractivity contribution in [3.63, 3.8) is 0 Å². The molecule has 0 spiro atoms. The van der Waals surface area contributed by atoms with Crippen LogP contribution >= 0.6 is 11.8 Å². The fraction of sp³-hybridized carbons (Fsp3) is 0.0667. The normalized spacial score (nSPS) is 9.80. The number of aromatic nitrogens is 2. The molecule has 1 aromatic carbocycles. The Morgan fingerprint density at radius 2 is 2.20 bits per heavy atom.